The third kappa shape index (κ3) is 3.79. The first-order valence-electron chi connectivity index (χ1n) is 11.2. The number of benzene rings is 2. The predicted molar refractivity (Wildman–Crippen MR) is 121 cm³/mol. The van der Waals surface area contributed by atoms with Crippen LogP contribution in [0.4, 0.5) is 0 Å². The number of aromatic nitrogens is 1. The van der Waals surface area contributed by atoms with Crippen molar-refractivity contribution in [1.82, 2.24) is 15.0 Å². The summed E-state index contributed by atoms with van der Waals surface area (Å²) in [5.41, 5.74) is 5.08. The number of rotatable bonds is 4. The van der Waals surface area contributed by atoms with Gasteiger partial charge in [0.2, 0.25) is 0 Å². The summed E-state index contributed by atoms with van der Waals surface area (Å²) in [4.78, 5) is 18.0. The van der Waals surface area contributed by atoms with Gasteiger partial charge in [-0.1, -0.05) is 59.8 Å². The third-order valence-corrected chi connectivity index (χ3v) is 6.97. The summed E-state index contributed by atoms with van der Waals surface area (Å²) >= 11 is 0. The number of piperidine rings is 1. The Morgan fingerprint density at radius 1 is 1.06 bits per heavy atom. The normalized spacial score (nSPS) is 19.4. The Morgan fingerprint density at radius 3 is 2.45 bits per heavy atom. The Bertz CT molecular complexity index is 1050. The Kier molecular flexibility index (Phi) is 5.36. The number of nitrogens with zero attached hydrogens (tertiary/aromatic N) is 3. The summed E-state index contributed by atoms with van der Waals surface area (Å²) in [6.07, 6.45) is 4.37. The van der Waals surface area contributed by atoms with Gasteiger partial charge >= 0.3 is 0 Å². The summed E-state index contributed by atoms with van der Waals surface area (Å²) in [6.45, 7) is 3.86. The fourth-order valence-electron chi connectivity index (χ4n) is 5.18. The average Bonchev–Trinajstić information content (AvgIpc) is 3.42. The lowest BCUT2D eigenvalue weighted by Gasteiger charge is -2.40. The summed E-state index contributed by atoms with van der Waals surface area (Å²) in [5, 5.41) is 4.20. The molecule has 1 fully saturated rings. The molecule has 1 aliphatic heterocycles. The van der Waals surface area contributed by atoms with E-state index < -0.39 is 0 Å². The zero-order valence-corrected chi connectivity index (χ0v) is 18.3. The molecule has 2 aromatic carbocycles. The van der Waals surface area contributed by atoms with Crippen molar-refractivity contribution < 1.29 is 9.32 Å². The van der Waals surface area contributed by atoms with Gasteiger partial charge in [0.1, 0.15) is 17.0 Å². The van der Waals surface area contributed by atoms with Crippen molar-refractivity contribution >= 4 is 5.91 Å². The molecule has 5 heteroatoms. The molecule has 2 aliphatic rings. The second-order valence-electron chi connectivity index (χ2n) is 8.87. The van der Waals surface area contributed by atoms with Crippen LogP contribution in [0.25, 0.3) is 11.3 Å². The number of likely N-dealkylation sites (tertiary alicyclic amines) is 1. The first-order valence-corrected chi connectivity index (χ1v) is 11.2. The quantitative estimate of drug-likeness (QED) is 0.636. The van der Waals surface area contributed by atoms with Crippen LogP contribution in [-0.2, 0) is 12.8 Å². The molecule has 3 aromatic rings. The average molecular weight is 416 g/mol. The number of fused-ring (bicyclic) bond motifs is 1. The van der Waals surface area contributed by atoms with Crippen molar-refractivity contribution in [2.24, 2.45) is 0 Å². The number of carbonyl (C=O) groups is 1. The maximum atomic E-state index is 13.5. The van der Waals surface area contributed by atoms with Crippen LogP contribution in [0.3, 0.4) is 0 Å². The lowest BCUT2D eigenvalue weighted by atomic mass is 9.99. The fraction of sp³-hybridized carbons (Fsp3) is 0.385. The first-order chi connectivity index (χ1) is 15.1. The number of hydrogen-bond acceptors (Lipinski definition) is 4. The SMILES string of the molecule is Cc1onc(-c2ccccc2)c1C(=O)N(C)C1CCCN(C2Cc3ccccc3C2)C1. The molecular formula is C26H29N3O2. The zero-order valence-electron chi connectivity index (χ0n) is 18.3. The standard InChI is InChI=1S/C26H29N3O2/c1-18-24(25(27-31-18)19-9-4-3-5-10-19)26(30)28(2)22-13-8-14-29(17-22)23-15-20-11-6-7-12-21(20)16-23/h3-7,9-12,22-23H,8,13-17H2,1-2H3. The number of likely N-dealkylation sites (N-methyl/N-ethyl adjacent to an activating group) is 1. The molecule has 0 saturated carbocycles. The van der Waals surface area contributed by atoms with Gasteiger partial charge in [-0.3, -0.25) is 9.69 Å². The van der Waals surface area contributed by atoms with Gasteiger partial charge in [-0.05, 0) is 50.3 Å². The Morgan fingerprint density at radius 2 is 1.74 bits per heavy atom. The van der Waals surface area contributed by atoms with Gasteiger partial charge in [0.15, 0.2) is 0 Å². The van der Waals surface area contributed by atoms with Gasteiger partial charge in [-0.2, -0.15) is 0 Å². The molecule has 160 valence electrons. The molecule has 1 amide bonds. The van der Waals surface area contributed by atoms with E-state index >= 15 is 0 Å². The second kappa shape index (κ2) is 8.31. The van der Waals surface area contributed by atoms with Crippen LogP contribution in [0.2, 0.25) is 0 Å². The Hall–Kier alpha value is -2.92. The molecule has 5 nitrogen and oxygen atoms in total. The van der Waals surface area contributed by atoms with Crippen molar-refractivity contribution in [2.45, 2.75) is 44.7 Å². The van der Waals surface area contributed by atoms with Gasteiger partial charge in [0, 0.05) is 31.2 Å². The van der Waals surface area contributed by atoms with Crippen molar-refractivity contribution in [3.8, 4) is 11.3 Å². The monoisotopic (exact) mass is 415 g/mol. The minimum atomic E-state index is -0.000777. The van der Waals surface area contributed by atoms with Gasteiger partial charge in [0.25, 0.3) is 5.91 Å². The highest BCUT2D eigenvalue weighted by Gasteiger charge is 2.34. The summed E-state index contributed by atoms with van der Waals surface area (Å²) in [7, 11) is 1.93. The topological polar surface area (TPSA) is 49.6 Å². The van der Waals surface area contributed by atoms with Crippen molar-refractivity contribution in [2.75, 3.05) is 20.1 Å². The van der Waals surface area contributed by atoms with Crippen LogP contribution in [0.15, 0.2) is 59.1 Å². The maximum absolute atomic E-state index is 13.5. The molecule has 5 rings (SSSR count). The molecule has 1 aliphatic carbocycles. The highest BCUT2D eigenvalue weighted by atomic mass is 16.5. The van der Waals surface area contributed by atoms with Crippen molar-refractivity contribution in [3.05, 3.63) is 77.0 Å². The Labute approximate surface area is 183 Å². The van der Waals surface area contributed by atoms with E-state index in [0.29, 0.717) is 23.1 Å². The van der Waals surface area contributed by atoms with Crippen LogP contribution in [0.1, 0.15) is 40.1 Å². The lowest BCUT2D eigenvalue weighted by Crippen LogP contribution is -2.51. The van der Waals surface area contributed by atoms with Gasteiger partial charge < -0.3 is 9.42 Å². The molecular weight excluding hydrogens is 386 g/mol. The van der Waals surface area contributed by atoms with Crippen LogP contribution in [0, 0.1) is 6.92 Å². The Balaban J connectivity index is 1.32. The number of aryl methyl sites for hydroxylation is 1. The molecule has 1 unspecified atom stereocenters. The van der Waals surface area contributed by atoms with Gasteiger partial charge in [-0.25, -0.2) is 0 Å². The summed E-state index contributed by atoms with van der Waals surface area (Å²) in [6, 6.07) is 19.3. The van der Waals surface area contributed by atoms with Gasteiger partial charge in [-0.15, -0.1) is 0 Å². The van der Waals surface area contributed by atoms with Crippen molar-refractivity contribution in [1.29, 1.82) is 0 Å². The summed E-state index contributed by atoms with van der Waals surface area (Å²) in [5.74, 6) is 0.578. The molecule has 2 heterocycles. The van der Waals surface area contributed by atoms with E-state index in [1.807, 2.05) is 49.2 Å². The molecule has 0 N–H and O–H groups in total. The molecule has 1 atom stereocenters. The fourth-order valence-corrected chi connectivity index (χ4v) is 5.18. The minimum Gasteiger partial charge on any atom is -0.360 e. The van der Waals surface area contributed by atoms with Crippen LogP contribution >= 0.6 is 0 Å². The minimum absolute atomic E-state index is 0.000777. The van der Waals surface area contributed by atoms with E-state index in [4.69, 9.17) is 4.52 Å². The van der Waals surface area contributed by atoms with E-state index in [2.05, 4.69) is 34.3 Å². The number of hydrogen-bond donors (Lipinski definition) is 0. The van der Waals surface area contributed by atoms with Crippen LogP contribution in [0.5, 0.6) is 0 Å². The highest BCUT2D eigenvalue weighted by Crippen LogP contribution is 2.30. The first kappa shape index (κ1) is 20.0. The van der Waals surface area contributed by atoms with E-state index in [0.717, 1.165) is 44.3 Å². The molecule has 1 saturated heterocycles. The maximum Gasteiger partial charge on any atom is 0.259 e. The zero-order chi connectivity index (χ0) is 21.4. The van der Waals surface area contributed by atoms with E-state index in [-0.39, 0.29) is 11.9 Å². The third-order valence-electron chi connectivity index (χ3n) is 6.97. The number of amides is 1. The van der Waals surface area contributed by atoms with E-state index in [1.165, 1.54) is 11.1 Å². The van der Waals surface area contributed by atoms with E-state index in [9.17, 15) is 4.79 Å². The molecule has 0 radical (unpaired) electrons. The van der Waals surface area contributed by atoms with Gasteiger partial charge in [0.05, 0.1) is 0 Å². The van der Waals surface area contributed by atoms with Crippen LogP contribution in [-0.4, -0.2) is 53.1 Å². The molecule has 0 bridgehead atoms. The smallest absolute Gasteiger partial charge is 0.259 e. The van der Waals surface area contributed by atoms with E-state index in [1.54, 1.807) is 0 Å². The molecule has 1 aromatic heterocycles. The summed E-state index contributed by atoms with van der Waals surface area (Å²) < 4.78 is 5.44. The van der Waals surface area contributed by atoms with Crippen LogP contribution < -0.4 is 0 Å². The molecule has 31 heavy (non-hydrogen) atoms. The van der Waals surface area contributed by atoms with Crippen molar-refractivity contribution in [3.63, 3.8) is 0 Å². The highest BCUT2D eigenvalue weighted by molar-refractivity contribution is 6.00. The molecule has 0 spiro atoms. The lowest BCUT2D eigenvalue weighted by molar-refractivity contribution is 0.0554. The predicted octanol–water partition coefficient (Wildman–Crippen LogP) is 4.35. The second-order valence-corrected chi connectivity index (χ2v) is 8.87. The largest absolute Gasteiger partial charge is 0.360 e. The number of carbonyl (C=O) groups excluding carboxylic acids is 1.